The molecule has 0 spiro atoms. The molecule has 2 aliphatic rings. The predicted molar refractivity (Wildman–Crippen MR) is 75.5 cm³/mol. The molecule has 2 aliphatic heterocycles. The summed E-state index contributed by atoms with van der Waals surface area (Å²) in [5, 5.41) is 3.81. The van der Waals surface area contributed by atoms with Crippen molar-refractivity contribution in [2.45, 2.75) is 50.8 Å². The zero-order valence-corrected chi connectivity index (χ0v) is 11.8. The molecule has 0 bridgehead atoms. The molecule has 2 heterocycles. The molecule has 1 aromatic carbocycles. The smallest absolute Gasteiger partial charge is 0.124 e. The van der Waals surface area contributed by atoms with Gasteiger partial charge in [-0.25, -0.2) is 0 Å². The number of nitrogens with one attached hydrogen (secondary N) is 1. The SMILES string of the molecule is CC1(C)CC(NC2CCOCC2)c2ccccc2O1. The summed E-state index contributed by atoms with van der Waals surface area (Å²) in [4.78, 5) is 0. The lowest BCUT2D eigenvalue weighted by Crippen LogP contribution is -2.44. The Kier molecular flexibility index (Phi) is 3.50. The summed E-state index contributed by atoms with van der Waals surface area (Å²) >= 11 is 0. The third-order valence-electron chi connectivity index (χ3n) is 4.03. The molecule has 1 unspecified atom stereocenters. The van der Waals surface area contributed by atoms with Gasteiger partial charge in [-0.15, -0.1) is 0 Å². The lowest BCUT2D eigenvalue weighted by molar-refractivity contribution is 0.0476. The van der Waals surface area contributed by atoms with Crippen molar-refractivity contribution in [3.8, 4) is 5.75 Å². The van der Waals surface area contributed by atoms with Crippen molar-refractivity contribution in [1.82, 2.24) is 5.32 Å². The van der Waals surface area contributed by atoms with E-state index in [1.54, 1.807) is 0 Å². The molecule has 0 radical (unpaired) electrons. The van der Waals surface area contributed by atoms with Crippen molar-refractivity contribution in [1.29, 1.82) is 0 Å². The summed E-state index contributed by atoms with van der Waals surface area (Å²) in [6.45, 7) is 6.10. The van der Waals surface area contributed by atoms with E-state index in [0.717, 1.165) is 38.2 Å². The topological polar surface area (TPSA) is 30.5 Å². The molecule has 1 fully saturated rings. The van der Waals surface area contributed by atoms with Crippen molar-refractivity contribution >= 4 is 0 Å². The van der Waals surface area contributed by atoms with Crippen molar-refractivity contribution in [2.24, 2.45) is 0 Å². The number of fused-ring (bicyclic) bond motifs is 1. The monoisotopic (exact) mass is 261 g/mol. The van der Waals surface area contributed by atoms with Gasteiger partial charge in [0.1, 0.15) is 11.4 Å². The highest BCUT2D eigenvalue weighted by molar-refractivity contribution is 5.38. The molecule has 0 saturated carbocycles. The summed E-state index contributed by atoms with van der Waals surface area (Å²) in [5.41, 5.74) is 1.20. The van der Waals surface area contributed by atoms with Crippen molar-refractivity contribution in [2.75, 3.05) is 13.2 Å². The molecule has 3 rings (SSSR count). The van der Waals surface area contributed by atoms with Crippen molar-refractivity contribution in [3.05, 3.63) is 29.8 Å². The summed E-state index contributed by atoms with van der Waals surface area (Å²) in [6, 6.07) is 9.37. The maximum absolute atomic E-state index is 6.07. The van der Waals surface area contributed by atoms with Crippen LogP contribution in [-0.2, 0) is 4.74 Å². The van der Waals surface area contributed by atoms with Crippen molar-refractivity contribution in [3.63, 3.8) is 0 Å². The summed E-state index contributed by atoms with van der Waals surface area (Å²) in [7, 11) is 0. The number of hydrogen-bond acceptors (Lipinski definition) is 3. The molecule has 3 heteroatoms. The molecule has 1 aromatic rings. The minimum Gasteiger partial charge on any atom is -0.487 e. The number of para-hydroxylation sites is 1. The molecular weight excluding hydrogens is 238 g/mol. The van der Waals surface area contributed by atoms with Crippen LogP contribution in [0.1, 0.15) is 44.7 Å². The number of benzene rings is 1. The van der Waals surface area contributed by atoms with E-state index in [2.05, 4.69) is 37.4 Å². The van der Waals surface area contributed by atoms with E-state index in [0.29, 0.717) is 12.1 Å². The lowest BCUT2D eigenvalue weighted by Gasteiger charge is -2.40. The average molecular weight is 261 g/mol. The summed E-state index contributed by atoms with van der Waals surface area (Å²) in [6.07, 6.45) is 3.24. The van der Waals surface area contributed by atoms with Crippen LogP contribution < -0.4 is 10.1 Å². The Balaban J connectivity index is 1.79. The van der Waals surface area contributed by atoms with Crippen molar-refractivity contribution < 1.29 is 9.47 Å². The highest BCUT2D eigenvalue weighted by Crippen LogP contribution is 2.39. The van der Waals surface area contributed by atoms with E-state index >= 15 is 0 Å². The minimum atomic E-state index is -0.100. The molecule has 3 nitrogen and oxygen atoms in total. The summed E-state index contributed by atoms with van der Waals surface area (Å²) < 4.78 is 11.5. The Bertz CT molecular complexity index is 438. The number of ether oxygens (including phenoxy) is 2. The molecule has 0 amide bonds. The van der Waals surface area contributed by atoms with Gasteiger partial charge >= 0.3 is 0 Å². The first-order valence-corrected chi connectivity index (χ1v) is 7.26. The van der Waals surface area contributed by atoms with Crippen LogP contribution in [0.3, 0.4) is 0 Å². The Hall–Kier alpha value is -1.06. The van der Waals surface area contributed by atoms with E-state index in [-0.39, 0.29) is 5.60 Å². The third-order valence-corrected chi connectivity index (χ3v) is 4.03. The Morgan fingerprint density at radius 1 is 1.16 bits per heavy atom. The normalized spacial score (nSPS) is 26.5. The van der Waals surface area contributed by atoms with Crippen LogP contribution in [0.5, 0.6) is 5.75 Å². The van der Waals surface area contributed by atoms with Crippen LogP contribution in [0.2, 0.25) is 0 Å². The van der Waals surface area contributed by atoms with E-state index in [9.17, 15) is 0 Å². The van der Waals surface area contributed by atoms with Gasteiger partial charge in [-0.2, -0.15) is 0 Å². The molecule has 104 valence electrons. The number of hydrogen-bond donors (Lipinski definition) is 1. The fourth-order valence-corrected chi connectivity index (χ4v) is 3.10. The highest BCUT2D eigenvalue weighted by Gasteiger charge is 2.34. The van der Waals surface area contributed by atoms with Gasteiger partial charge in [0.25, 0.3) is 0 Å². The quantitative estimate of drug-likeness (QED) is 0.887. The summed E-state index contributed by atoms with van der Waals surface area (Å²) in [5.74, 6) is 1.03. The zero-order chi connectivity index (χ0) is 13.3. The van der Waals surface area contributed by atoms with Gasteiger partial charge in [0.15, 0.2) is 0 Å². The maximum Gasteiger partial charge on any atom is 0.124 e. The minimum absolute atomic E-state index is 0.100. The maximum atomic E-state index is 6.07. The van der Waals surface area contributed by atoms with Gasteiger partial charge in [0.05, 0.1) is 0 Å². The van der Waals surface area contributed by atoms with Crippen LogP contribution in [0.15, 0.2) is 24.3 Å². The molecule has 0 aliphatic carbocycles. The first-order chi connectivity index (χ1) is 9.14. The second-order valence-corrected chi connectivity index (χ2v) is 6.21. The second kappa shape index (κ2) is 5.14. The van der Waals surface area contributed by atoms with Crippen LogP contribution in [0, 0.1) is 0 Å². The second-order valence-electron chi connectivity index (χ2n) is 6.21. The van der Waals surface area contributed by atoms with Gasteiger partial charge < -0.3 is 14.8 Å². The van der Waals surface area contributed by atoms with E-state index in [1.165, 1.54) is 5.56 Å². The first-order valence-electron chi connectivity index (χ1n) is 7.26. The zero-order valence-electron chi connectivity index (χ0n) is 11.8. The Morgan fingerprint density at radius 2 is 1.89 bits per heavy atom. The Morgan fingerprint density at radius 3 is 2.68 bits per heavy atom. The van der Waals surface area contributed by atoms with Gasteiger partial charge in [-0.05, 0) is 32.8 Å². The van der Waals surface area contributed by atoms with Gasteiger partial charge in [0.2, 0.25) is 0 Å². The lowest BCUT2D eigenvalue weighted by atomic mass is 9.89. The molecular formula is C16H23NO2. The fraction of sp³-hybridized carbons (Fsp3) is 0.625. The Labute approximate surface area is 115 Å². The molecule has 1 N–H and O–H groups in total. The molecule has 0 aromatic heterocycles. The molecule has 1 saturated heterocycles. The predicted octanol–water partition coefficient (Wildman–Crippen LogP) is 3.06. The van der Waals surface area contributed by atoms with E-state index < -0.39 is 0 Å². The number of rotatable bonds is 2. The van der Waals surface area contributed by atoms with Crippen LogP contribution in [0.4, 0.5) is 0 Å². The fourth-order valence-electron chi connectivity index (χ4n) is 3.10. The molecule has 19 heavy (non-hydrogen) atoms. The van der Waals surface area contributed by atoms with Crippen LogP contribution in [-0.4, -0.2) is 24.9 Å². The van der Waals surface area contributed by atoms with Gasteiger partial charge in [0, 0.05) is 37.3 Å². The average Bonchev–Trinajstić information content (AvgIpc) is 2.38. The van der Waals surface area contributed by atoms with E-state index in [4.69, 9.17) is 9.47 Å². The van der Waals surface area contributed by atoms with Crippen LogP contribution in [0.25, 0.3) is 0 Å². The van der Waals surface area contributed by atoms with E-state index in [1.807, 2.05) is 6.07 Å². The van der Waals surface area contributed by atoms with Gasteiger partial charge in [-0.1, -0.05) is 18.2 Å². The van der Waals surface area contributed by atoms with Crippen LogP contribution >= 0.6 is 0 Å². The standard InChI is InChI=1S/C16H23NO2/c1-16(2)11-14(17-12-7-9-18-10-8-12)13-5-3-4-6-15(13)19-16/h3-6,12,14,17H,7-11H2,1-2H3. The highest BCUT2D eigenvalue weighted by atomic mass is 16.5. The third kappa shape index (κ3) is 2.93. The van der Waals surface area contributed by atoms with Gasteiger partial charge in [-0.3, -0.25) is 0 Å². The largest absolute Gasteiger partial charge is 0.487 e. The molecule has 1 atom stereocenters. The first kappa shape index (κ1) is 12.9.